The topological polar surface area (TPSA) is 83.8 Å². The second kappa shape index (κ2) is 7.98. The number of carboxylic acid groups (broad SMARTS) is 1. The van der Waals surface area contributed by atoms with Gasteiger partial charge in [-0.2, -0.15) is 10.2 Å². The molecule has 164 valence electrons. The van der Waals surface area contributed by atoms with Gasteiger partial charge in [-0.1, -0.05) is 13.8 Å². The van der Waals surface area contributed by atoms with Crippen molar-refractivity contribution in [2.45, 2.75) is 73.3 Å². The average Bonchev–Trinajstić information content (AvgIpc) is 3.30. The highest BCUT2D eigenvalue weighted by molar-refractivity contribution is 5.71. The van der Waals surface area contributed by atoms with E-state index >= 15 is 0 Å². The van der Waals surface area contributed by atoms with Gasteiger partial charge in [-0.25, -0.2) is 0 Å². The Labute approximate surface area is 183 Å². The summed E-state index contributed by atoms with van der Waals surface area (Å²) in [5.74, 6) is -0.766. The number of aryl methyl sites for hydroxylation is 3. The molecule has 6 nitrogen and oxygen atoms in total. The van der Waals surface area contributed by atoms with Crippen molar-refractivity contribution in [3.63, 3.8) is 0 Å². The van der Waals surface area contributed by atoms with E-state index in [9.17, 15) is 4.79 Å². The number of H-pyrrole nitrogens is 1. The van der Waals surface area contributed by atoms with Crippen LogP contribution >= 0.6 is 0 Å². The van der Waals surface area contributed by atoms with E-state index in [4.69, 9.17) is 10.2 Å². The molecule has 0 bridgehead atoms. The molecule has 2 aromatic heterocycles. The Morgan fingerprint density at radius 1 is 1.23 bits per heavy atom. The zero-order chi connectivity index (χ0) is 22.3. The van der Waals surface area contributed by atoms with Crippen molar-refractivity contribution in [1.29, 1.82) is 0 Å². The first-order valence-corrected chi connectivity index (χ1v) is 11.1. The molecule has 2 heterocycles. The van der Waals surface area contributed by atoms with Crippen molar-refractivity contribution in [3.8, 4) is 22.6 Å². The fourth-order valence-electron chi connectivity index (χ4n) is 4.84. The summed E-state index contributed by atoms with van der Waals surface area (Å²) in [6, 6.07) is 6.30. The van der Waals surface area contributed by atoms with Gasteiger partial charge in [0.05, 0.1) is 11.4 Å². The molecular formula is C25H32N4O2. The zero-order valence-corrected chi connectivity index (χ0v) is 19.2. The van der Waals surface area contributed by atoms with Gasteiger partial charge in [0, 0.05) is 29.8 Å². The smallest absolute Gasteiger partial charge is 0.303 e. The Kier molecular flexibility index (Phi) is 5.50. The number of carboxylic acids is 1. The normalized spacial score (nSPS) is 15.1. The first kappa shape index (κ1) is 21.3. The fourth-order valence-corrected chi connectivity index (χ4v) is 4.84. The molecule has 0 aliphatic heterocycles. The van der Waals surface area contributed by atoms with Crippen LogP contribution in [0.25, 0.3) is 22.6 Å². The van der Waals surface area contributed by atoms with Crippen molar-refractivity contribution in [2.75, 3.05) is 0 Å². The molecule has 3 aromatic rings. The van der Waals surface area contributed by atoms with Crippen molar-refractivity contribution in [2.24, 2.45) is 5.41 Å². The van der Waals surface area contributed by atoms with E-state index in [2.05, 4.69) is 53.8 Å². The van der Waals surface area contributed by atoms with E-state index in [1.165, 1.54) is 17.7 Å². The maximum atomic E-state index is 11.0. The van der Waals surface area contributed by atoms with Crippen LogP contribution in [0.4, 0.5) is 0 Å². The summed E-state index contributed by atoms with van der Waals surface area (Å²) >= 11 is 0. The largest absolute Gasteiger partial charge is 0.481 e. The average molecular weight is 421 g/mol. The second-order valence-corrected chi connectivity index (χ2v) is 9.58. The second-order valence-electron chi connectivity index (χ2n) is 9.58. The number of aromatic nitrogens is 4. The lowest BCUT2D eigenvalue weighted by Gasteiger charge is -2.30. The molecule has 0 unspecified atom stereocenters. The first-order chi connectivity index (χ1) is 14.7. The van der Waals surface area contributed by atoms with Crippen LogP contribution in [0.5, 0.6) is 0 Å². The summed E-state index contributed by atoms with van der Waals surface area (Å²) in [5.41, 5.74) is 10.3. The van der Waals surface area contributed by atoms with Gasteiger partial charge in [0.25, 0.3) is 0 Å². The monoisotopic (exact) mass is 420 g/mol. The van der Waals surface area contributed by atoms with Crippen LogP contribution in [0.2, 0.25) is 0 Å². The molecule has 0 saturated carbocycles. The van der Waals surface area contributed by atoms with Crippen molar-refractivity contribution in [3.05, 3.63) is 46.1 Å². The molecule has 31 heavy (non-hydrogen) atoms. The van der Waals surface area contributed by atoms with Gasteiger partial charge >= 0.3 is 5.97 Å². The molecular weight excluding hydrogens is 388 g/mol. The number of nitrogens with zero attached hydrogens (tertiary/aromatic N) is 3. The van der Waals surface area contributed by atoms with E-state index in [0.717, 1.165) is 58.7 Å². The van der Waals surface area contributed by atoms with Gasteiger partial charge in [-0.05, 0) is 86.8 Å². The molecule has 4 rings (SSSR count). The highest BCUT2D eigenvalue weighted by Crippen LogP contribution is 2.39. The molecule has 1 aliphatic rings. The van der Waals surface area contributed by atoms with Gasteiger partial charge in [-0.15, -0.1) is 0 Å². The summed E-state index contributed by atoms with van der Waals surface area (Å²) in [6.07, 6.45) is 3.97. The van der Waals surface area contributed by atoms with Gasteiger partial charge in [0.1, 0.15) is 5.69 Å². The Hall–Kier alpha value is -2.89. The van der Waals surface area contributed by atoms with Crippen LogP contribution in [0.15, 0.2) is 18.2 Å². The van der Waals surface area contributed by atoms with E-state index in [1.54, 1.807) is 0 Å². The Morgan fingerprint density at radius 2 is 1.94 bits per heavy atom. The minimum absolute atomic E-state index is 0.148. The lowest BCUT2D eigenvalue weighted by atomic mass is 9.76. The SMILES string of the molecule is CCn1nc(-c2cc(-c3cc(C)c(CCC(=O)O)c(C)c3)n[nH]2)c2c1CC(C)(C)CC2. The van der Waals surface area contributed by atoms with Gasteiger partial charge in [0.15, 0.2) is 0 Å². The number of carbonyl (C=O) groups is 1. The van der Waals surface area contributed by atoms with Gasteiger partial charge < -0.3 is 5.11 Å². The molecule has 0 atom stereocenters. The van der Waals surface area contributed by atoms with E-state index in [0.29, 0.717) is 11.8 Å². The van der Waals surface area contributed by atoms with Crippen LogP contribution in [0.1, 0.15) is 61.6 Å². The third-order valence-electron chi connectivity index (χ3n) is 6.58. The Balaban J connectivity index is 1.67. The van der Waals surface area contributed by atoms with Crippen molar-refractivity contribution in [1.82, 2.24) is 20.0 Å². The molecule has 0 fully saturated rings. The van der Waals surface area contributed by atoms with E-state index < -0.39 is 5.97 Å². The summed E-state index contributed by atoms with van der Waals surface area (Å²) in [4.78, 5) is 11.0. The molecule has 0 radical (unpaired) electrons. The quantitative estimate of drug-likeness (QED) is 0.580. The van der Waals surface area contributed by atoms with E-state index in [-0.39, 0.29) is 6.42 Å². The van der Waals surface area contributed by atoms with E-state index in [1.807, 2.05) is 13.8 Å². The maximum Gasteiger partial charge on any atom is 0.303 e. The highest BCUT2D eigenvalue weighted by Gasteiger charge is 2.31. The minimum Gasteiger partial charge on any atom is -0.481 e. The third-order valence-corrected chi connectivity index (χ3v) is 6.58. The number of benzene rings is 1. The van der Waals surface area contributed by atoms with Crippen molar-refractivity contribution < 1.29 is 9.90 Å². The zero-order valence-electron chi connectivity index (χ0n) is 19.2. The van der Waals surface area contributed by atoms with Gasteiger partial charge in [0.2, 0.25) is 0 Å². The molecule has 6 heteroatoms. The van der Waals surface area contributed by atoms with Crippen LogP contribution in [-0.4, -0.2) is 31.1 Å². The predicted molar refractivity (Wildman–Crippen MR) is 122 cm³/mol. The van der Waals surface area contributed by atoms with Crippen LogP contribution < -0.4 is 0 Å². The molecule has 1 aromatic carbocycles. The highest BCUT2D eigenvalue weighted by atomic mass is 16.4. The summed E-state index contributed by atoms with van der Waals surface area (Å²) < 4.78 is 2.15. The summed E-state index contributed by atoms with van der Waals surface area (Å²) in [7, 11) is 0. The Morgan fingerprint density at radius 3 is 2.58 bits per heavy atom. The molecule has 0 spiro atoms. The minimum atomic E-state index is -0.766. The third kappa shape index (κ3) is 4.16. The number of nitrogens with one attached hydrogen (secondary N) is 1. The van der Waals surface area contributed by atoms with Crippen LogP contribution in [-0.2, 0) is 30.6 Å². The number of rotatable bonds is 6. The number of fused-ring (bicyclic) bond motifs is 1. The van der Waals surface area contributed by atoms with Gasteiger partial charge in [-0.3, -0.25) is 14.6 Å². The molecule has 2 N–H and O–H groups in total. The Bertz CT molecular complexity index is 1110. The van der Waals surface area contributed by atoms with Crippen molar-refractivity contribution >= 4 is 5.97 Å². The summed E-state index contributed by atoms with van der Waals surface area (Å²) in [6.45, 7) is 11.8. The standard InChI is InChI=1S/C25H32N4O2/c1-6-29-22-14-25(4,5)10-9-19(22)24(28-29)21-13-20(26-27-21)17-11-15(2)18(16(3)12-17)7-8-23(30)31/h11-13H,6-10,14H2,1-5H3,(H,26,27)(H,30,31). The lowest BCUT2D eigenvalue weighted by molar-refractivity contribution is -0.136. The summed E-state index contributed by atoms with van der Waals surface area (Å²) in [5, 5.41) is 21.8. The first-order valence-electron chi connectivity index (χ1n) is 11.1. The number of aromatic amines is 1. The van der Waals surface area contributed by atoms with Crippen LogP contribution in [0.3, 0.4) is 0 Å². The molecule has 0 saturated heterocycles. The maximum absolute atomic E-state index is 11.0. The number of hydrogen-bond donors (Lipinski definition) is 2. The lowest BCUT2D eigenvalue weighted by Crippen LogP contribution is -2.24. The fraction of sp³-hybridized carbons (Fsp3) is 0.480. The number of hydrogen-bond acceptors (Lipinski definition) is 3. The predicted octanol–water partition coefficient (Wildman–Crippen LogP) is 5.11. The number of aliphatic carboxylic acids is 1. The molecule has 0 amide bonds. The molecule has 1 aliphatic carbocycles. The van der Waals surface area contributed by atoms with Crippen LogP contribution in [0, 0.1) is 19.3 Å².